The highest BCUT2D eigenvalue weighted by Crippen LogP contribution is 2.35. The third-order valence-electron chi connectivity index (χ3n) is 2.70. The molecule has 0 N–H and O–H groups in total. The summed E-state index contributed by atoms with van der Waals surface area (Å²) in [7, 11) is -3.47. The van der Waals surface area contributed by atoms with E-state index in [1.165, 1.54) is 0 Å². The zero-order chi connectivity index (χ0) is 11.9. The molecule has 0 radical (unpaired) electrons. The van der Waals surface area contributed by atoms with E-state index in [4.69, 9.17) is 0 Å². The molecule has 0 atom stereocenters. The summed E-state index contributed by atoms with van der Waals surface area (Å²) < 4.78 is 38.4. The zero-order valence-electron chi connectivity index (χ0n) is 9.24. The number of rotatable bonds is 7. The van der Waals surface area contributed by atoms with Crippen LogP contribution in [0.1, 0.15) is 32.6 Å². The van der Waals surface area contributed by atoms with Crippen molar-refractivity contribution < 1.29 is 13.2 Å². The minimum absolute atomic E-state index is 0.198. The van der Waals surface area contributed by atoms with Gasteiger partial charge >= 0.3 is 5.80 Å². The molecule has 0 amide bonds. The van der Waals surface area contributed by atoms with Crippen LogP contribution in [0.4, 0.5) is 13.2 Å². The second-order valence-electron chi connectivity index (χ2n) is 3.76. The Morgan fingerprint density at radius 2 is 1.60 bits per heavy atom. The van der Waals surface area contributed by atoms with Crippen LogP contribution in [0.3, 0.4) is 0 Å². The van der Waals surface area contributed by atoms with Gasteiger partial charge in [0.1, 0.15) is 0 Å². The Kier molecular flexibility index (Phi) is 5.94. The quantitative estimate of drug-likeness (QED) is 0.449. The van der Waals surface area contributed by atoms with Crippen LogP contribution in [0.25, 0.3) is 0 Å². The summed E-state index contributed by atoms with van der Waals surface area (Å²) in [4.78, 5) is 0. The van der Waals surface area contributed by atoms with Crippen LogP contribution in [0, 0.1) is 0 Å². The zero-order valence-corrected chi connectivity index (χ0v) is 10.2. The largest absolute Gasteiger partial charge is 0.369 e. The highest BCUT2D eigenvalue weighted by molar-refractivity contribution is 6.90. The smallest absolute Gasteiger partial charge is 0.176 e. The van der Waals surface area contributed by atoms with Crippen LogP contribution in [0.5, 0.6) is 0 Å². The van der Waals surface area contributed by atoms with Crippen molar-refractivity contribution in [2.75, 3.05) is 0 Å². The second kappa shape index (κ2) is 6.15. The van der Waals surface area contributed by atoms with Crippen LogP contribution >= 0.6 is 0 Å². The molecule has 0 saturated heterocycles. The maximum absolute atomic E-state index is 12.8. The van der Waals surface area contributed by atoms with E-state index >= 15 is 0 Å². The van der Waals surface area contributed by atoms with E-state index in [-0.39, 0.29) is 6.04 Å². The Labute approximate surface area is 90.9 Å². The molecule has 15 heavy (non-hydrogen) atoms. The summed E-state index contributed by atoms with van der Waals surface area (Å²) in [6, 6.07) is 0.198. The summed E-state index contributed by atoms with van der Waals surface area (Å²) >= 11 is 0. The van der Waals surface area contributed by atoms with Crippen LogP contribution < -0.4 is 0 Å². The fourth-order valence-electron chi connectivity index (χ4n) is 1.50. The molecule has 0 aromatic heterocycles. The van der Waals surface area contributed by atoms with E-state index in [2.05, 4.69) is 13.2 Å². The fourth-order valence-corrected chi connectivity index (χ4v) is 3.66. The highest BCUT2D eigenvalue weighted by Gasteiger charge is 2.52. The predicted molar refractivity (Wildman–Crippen MR) is 61.2 cm³/mol. The molecule has 0 spiro atoms. The minimum atomic E-state index is -4.14. The molecule has 0 aliphatic rings. The molecule has 0 aromatic carbocycles. The van der Waals surface area contributed by atoms with Gasteiger partial charge in [-0.1, -0.05) is 44.0 Å². The standard InChI is InChI=1S/C11H19F3Si/c1-4-7-8-9-10-15(5-2,6-3)11(12,13)14/h5-6H,2-4,7-10H2,1H3. The molecule has 4 heteroatoms. The van der Waals surface area contributed by atoms with Crippen molar-refractivity contribution >= 4 is 8.07 Å². The third-order valence-corrected chi connectivity index (χ3v) is 6.39. The van der Waals surface area contributed by atoms with Crippen molar-refractivity contribution in [1.82, 2.24) is 0 Å². The van der Waals surface area contributed by atoms with Gasteiger partial charge < -0.3 is 0 Å². The summed E-state index contributed by atoms with van der Waals surface area (Å²) in [6.45, 7) is 8.72. The molecule has 0 bridgehead atoms. The summed E-state index contributed by atoms with van der Waals surface area (Å²) in [5, 5.41) is 0. The summed E-state index contributed by atoms with van der Waals surface area (Å²) in [5.74, 6) is -4.14. The molecule has 0 rings (SSSR count). The number of hydrogen-bond acceptors (Lipinski definition) is 0. The minimum Gasteiger partial charge on any atom is -0.176 e. The first-order valence-electron chi connectivity index (χ1n) is 5.27. The average molecular weight is 236 g/mol. The van der Waals surface area contributed by atoms with Gasteiger partial charge in [-0.2, -0.15) is 13.2 Å². The Balaban J connectivity index is 4.39. The van der Waals surface area contributed by atoms with Crippen molar-refractivity contribution in [1.29, 1.82) is 0 Å². The normalized spacial score (nSPS) is 12.5. The van der Waals surface area contributed by atoms with Gasteiger partial charge in [0.2, 0.25) is 8.07 Å². The number of alkyl halides is 3. The molecular weight excluding hydrogens is 217 g/mol. The molecule has 0 fully saturated rings. The van der Waals surface area contributed by atoms with Gasteiger partial charge in [0, 0.05) is 0 Å². The Bertz CT molecular complexity index is 200. The number of unbranched alkanes of at least 4 members (excludes halogenated alkanes) is 3. The lowest BCUT2D eigenvalue weighted by atomic mass is 10.2. The van der Waals surface area contributed by atoms with E-state index in [1.54, 1.807) is 0 Å². The summed E-state index contributed by atoms with van der Waals surface area (Å²) in [5.41, 5.74) is 2.21. The number of halogens is 3. The van der Waals surface area contributed by atoms with Crippen molar-refractivity contribution in [3.05, 3.63) is 24.6 Å². The topological polar surface area (TPSA) is 0 Å². The maximum Gasteiger partial charge on any atom is 0.369 e. The van der Waals surface area contributed by atoms with E-state index in [0.29, 0.717) is 6.42 Å². The van der Waals surface area contributed by atoms with Crippen molar-refractivity contribution in [3.63, 3.8) is 0 Å². The lowest BCUT2D eigenvalue weighted by molar-refractivity contribution is -0.0542. The lowest BCUT2D eigenvalue weighted by Crippen LogP contribution is -2.47. The Morgan fingerprint density at radius 1 is 1.07 bits per heavy atom. The molecular formula is C11H19F3Si. The molecule has 0 aromatic rings. The van der Waals surface area contributed by atoms with Crippen molar-refractivity contribution in [2.24, 2.45) is 0 Å². The molecule has 0 unspecified atom stereocenters. The van der Waals surface area contributed by atoms with Crippen molar-refractivity contribution in [3.8, 4) is 0 Å². The molecule has 0 saturated carbocycles. The first-order chi connectivity index (χ1) is 6.93. The molecule has 0 aliphatic carbocycles. The van der Waals surface area contributed by atoms with Gasteiger partial charge in [-0.15, -0.1) is 13.2 Å². The SMILES string of the molecule is C=C[Si](C=C)(CCCCCC)C(F)(F)F. The van der Waals surface area contributed by atoms with E-state index < -0.39 is 13.9 Å². The molecule has 0 aliphatic heterocycles. The number of hydrogen-bond donors (Lipinski definition) is 0. The fraction of sp³-hybridized carbons (Fsp3) is 0.636. The van der Waals surface area contributed by atoms with E-state index in [0.717, 1.165) is 30.7 Å². The van der Waals surface area contributed by atoms with Crippen LogP contribution in [-0.2, 0) is 0 Å². The van der Waals surface area contributed by atoms with Gasteiger partial charge in [-0.05, 0) is 6.04 Å². The lowest BCUT2D eigenvalue weighted by Gasteiger charge is -2.26. The van der Waals surface area contributed by atoms with E-state index in [1.807, 2.05) is 6.92 Å². The molecule has 0 heterocycles. The van der Waals surface area contributed by atoms with Gasteiger partial charge in [0.05, 0.1) is 0 Å². The first kappa shape index (κ1) is 14.5. The monoisotopic (exact) mass is 236 g/mol. The van der Waals surface area contributed by atoms with Crippen LogP contribution in [0.2, 0.25) is 6.04 Å². The van der Waals surface area contributed by atoms with Crippen molar-refractivity contribution in [2.45, 2.75) is 44.5 Å². The van der Waals surface area contributed by atoms with E-state index in [9.17, 15) is 13.2 Å². The third kappa shape index (κ3) is 3.85. The second-order valence-corrected chi connectivity index (χ2v) is 7.72. The first-order valence-corrected chi connectivity index (χ1v) is 7.63. The van der Waals surface area contributed by atoms with Gasteiger partial charge in [0.25, 0.3) is 0 Å². The summed E-state index contributed by atoms with van der Waals surface area (Å²) in [6.07, 6.45) is 3.51. The van der Waals surface area contributed by atoms with Crippen LogP contribution in [0.15, 0.2) is 24.6 Å². The Morgan fingerprint density at radius 3 is 1.93 bits per heavy atom. The van der Waals surface area contributed by atoms with Gasteiger partial charge in [0.15, 0.2) is 0 Å². The molecule has 88 valence electrons. The van der Waals surface area contributed by atoms with Crippen LogP contribution in [-0.4, -0.2) is 13.9 Å². The van der Waals surface area contributed by atoms with Gasteiger partial charge in [-0.3, -0.25) is 0 Å². The predicted octanol–water partition coefficient (Wildman–Crippen LogP) is 4.57. The highest BCUT2D eigenvalue weighted by atomic mass is 28.3. The maximum atomic E-state index is 12.8. The van der Waals surface area contributed by atoms with Gasteiger partial charge in [-0.25, -0.2) is 0 Å². The Hall–Kier alpha value is -0.513. The average Bonchev–Trinajstić information content (AvgIpc) is 2.17. The molecule has 0 nitrogen and oxygen atoms in total.